The zero-order valence-corrected chi connectivity index (χ0v) is 18.8. The van der Waals surface area contributed by atoms with E-state index in [0.29, 0.717) is 31.9 Å². The molecule has 0 aromatic heterocycles. The maximum atomic E-state index is 12.9. The summed E-state index contributed by atoms with van der Waals surface area (Å²) in [5, 5.41) is 2.96. The molecule has 1 atom stereocenters. The molecule has 1 aliphatic heterocycles. The van der Waals surface area contributed by atoms with E-state index in [2.05, 4.69) is 38.2 Å². The van der Waals surface area contributed by atoms with Gasteiger partial charge in [0.25, 0.3) is 5.91 Å². The van der Waals surface area contributed by atoms with Gasteiger partial charge in [-0.25, -0.2) is 8.42 Å². The summed E-state index contributed by atoms with van der Waals surface area (Å²) < 4.78 is 32.3. The van der Waals surface area contributed by atoms with E-state index in [1.807, 2.05) is 19.1 Å². The molecular formula is C23H30N2O4S. The summed E-state index contributed by atoms with van der Waals surface area (Å²) in [5.74, 6) is -0.304. The SMILES string of the molecule is C[C@H](NC(=O)c1cccc(S(=O)(=O)N2CCOCC2)c1)c1ccc(C(C)(C)C)cc1. The highest BCUT2D eigenvalue weighted by molar-refractivity contribution is 7.89. The van der Waals surface area contributed by atoms with Gasteiger partial charge in [-0.2, -0.15) is 4.31 Å². The minimum Gasteiger partial charge on any atom is -0.379 e. The van der Waals surface area contributed by atoms with E-state index in [0.717, 1.165) is 5.56 Å². The van der Waals surface area contributed by atoms with E-state index in [4.69, 9.17) is 4.74 Å². The zero-order valence-electron chi connectivity index (χ0n) is 18.0. The second-order valence-electron chi connectivity index (χ2n) is 8.61. The first-order valence-corrected chi connectivity index (χ1v) is 11.6. The summed E-state index contributed by atoms with van der Waals surface area (Å²) in [6.45, 7) is 9.79. The number of hydrogen-bond donors (Lipinski definition) is 1. The first-order valence-electron chi connectivity index (χ1n) is 10.2. The maximum absolute atomic E-state index is 12.9. The predicted octanol–water partition coefficient (Wildman–Crippen LogP) is 3.50. The third kappa shape index (κ3) is 5.09. The molecule has 2 aromatic carbocycles. The van der Waals surface area contributed by atoms with Crippen molar-refractivity contribution in [2.75, 3.05) is 26.3 Å². The van der Waals surface area contributed by atoms with Crippen molar-refractivity contribution in [2.24, 2.45) is 0 Å². The molecule has 1 saturated heterocycles. The van der Waals surface area contributed by atoms with Crippen molar-refractivity contribution in [2.45, 2.75) is 44.0 Å². The molecule has 162 valence electrons. The second kappa shape index (κ2) is 8.88. The molecule has 0 unspecified atom stereocenters. The molecule has 0 radical (unpaired) electrons. The molecule has 30 heavy (non-hydrogen) atoms. The van der Waals surface area contributed by atoms with Gasteiger partial charge in [-0.15, -0.1) is 0 Å². The monoisotopic (exact) mass is 430 g/mol. The van der Waals surface area contributed by atoms with Gasteiger partial charge >= 0.3 is 0 Å². The molecule has 1 N–H and O–H groups in total. The lowest BCUT2D eigenvalue weighted by molar-refractivity contribution is 0.0730. The molecule has 0 aliphatic carbocycles. The van der Waals surface area contributed by atoms with Crippen LogP contribution in [0.4, 0.5) is 0 Å². The molecule has 0 saturated carbocycles. The van der Waals surface area contributed by atoms with Gasteiger partial charge in [0.15, 0.2) is 0 Å². The lowest BCUT2D eigenvalue weighted by Crippen LogP contribution is -2.40. The fourth-order valence-electron chi connectivity index (χ4n) is 3.37. The van der Waals surface area contributed by atoms with Gasteiger partial charge in [0.1, 0.15) is 0 Å². The Morgan fingerprint density at radius 1 is 1.07 bits per heavy atom. The Balaban J connectivity index is 1.73. The number of ether oxygens (including phenoxy) is 1. The van der Waals surface area contributed by atoms with Crippen molar-refractivity contribution >= 4 is 15.9 Å². The molecule has 6 nitrogen and oxygen atoms in total. The van der Waals surface area contributed by atoms with Gasteiger partial charge in [-0.3, -0.25) is 4.79 Å². The predicted molar refractivity (Wildman–Crippen MR) is 117 cm³/mol. The van der Waals surface area contributed by atoms with Crippen LogP contribution in [0, 0.1) is 0 Å². The molecule has 0 spiro atoms. The van der Waals surface area contributed by atoms with Gasteiger partial charge in [-0.05, 0) is 41.7 Å². The van der Waals surface area contributed by atoms with Crippen LogP contribution in [0.3, 0.4) is 0 Å². The van der Waals surface area contributed by atoms with Crippen molar-refractivity contribution in [3.63, 3.8) is 0 Å². The summed E-state index contributed by atoms with van der Waals surface area (Å²) in [6, 6.07) is 14.2. The maximum Gasteiger partial charge on any atom is 0.251 e. The topological polar surface area (TPSA) is 75.7 Å². The Bertz CT molecular complexity index is 989. The molecule has 0 bridgehead atoms. The molecule has 7 heteroatoms. The number of sulfonamides is 1. The summed E-state index contributed by atoms with van der Waals surface area (Å²) >= 11 is 0. The highest BCUT2D eigenvalue weighted by Crippen LogP contribution is 2.24. The Hall–Kier alpha value is -2.22. The Morgan fingerprint density at radius 2 is 1.70 bits per heavy atom. The number of nitrogens with zero attached hydrogens (tertiary/aromatic N) is 1. The van der Waals surface area contributed by atoms with E-state index in [9.17, 15) is 13.2 Å². The number of hydrogen-bond acceptors (Lipinski definition) is 4. The standard InChI is InChI=1S/C23H30N2O4S/c1-17(18-8-10-20(11-9-18)23(2,3)4)24-22(26)19-6-5-7-21(16-19)30(27,28)25-12-14-29-15-13-25/h5-11,16-17H,12-15H2,1-4H3,(H,24,26)/t17-/m0/s1. The summed E-state index contributed by atoms with van der Waals surface area (Å²) in [4.78, 5) is 12.9. The molecule has 1 amide bonds. The molecule has 3 rings (SSSR count). The molecule has 1 aliphatic rings. The molecule has 2 aromatic rings. The smallest absolute Gasteiger partial charge is 0.251 e. The number of amides is 1. The van der Waals surface area contributed by atoms with Gasteiger partial charge < -0.3 is 10.1 Å². The minimum atomic E-state index is -3.64. The van der Waals surface area contributed by atoms with Crippen LogP contribution in [-0.4, -0.2) is 44.9 Å². The molecule has 1 fully saturated rings. The first-order chi connectivity index (χ1) is 14.1. The first kappa shape index (κ1) is 22.5. The van der Waals surface area contributed by atoms with E-state index in [1.165, 1.54) is 22.0 Å². The Labute approximate surface area is 179 Å². The summed E-state index contributed by atoms with van der Waals surface area (Å²) in [6.07, 6.45) is 0. The number of rotatable bonds is 5. The quantitative estimate of drug-likeness (QED) is 0.788. The van der Waals surface area contributed by atoms with Crippen LogP contribution in [0.2, 0.25) is 0 Å². The number of morpholine rings is 1. The molecule has 1 heterocycles. The van der Waals surface area contributed by atoms with Crippen molar-refractivity contribution in [1.29, 1.82) is 0 Å². The highest BCUT2D eigenvalue weighted by atomic mass is 32.2. The minimum absolute atomic E-state index is 0.0669. The van der Waals surface area contributed by atoms with Gasteiger partial charge in [0.05, 0.1) is 24.2 Å². The largest absolute Gasteiger partial charge is 0.379 e. The van der Waals surface area contributed by atoms with Gasteiger partial charge in [0, 0.05) is 18.7 Å². The van der Waals surface area contributed by atoms with Crippen LogP contribution < -0.4 is 5.32 Å². The number of benzene rings is 2. The van der Waals surface area contributed by atoms with Crippen molar-refractivity contribution in [3.05, 3.63) is 65.2 Å². The lowest BCUT2D eigenvalue weighted by atomic mass is 9.86. The van der Waals surface area contributed by atoms with Crippen LogP contribution in [0.1, 0.15) is 55.2 Å². The van der Waals surface area contributed by atoms with E-state index < -0.39 is 10.0 Å². The number of carbonyl (C=O) groups is 1. The highest BCUT2D eigenvalue weighted by Gasteiger charge is 2.27. The van der Waals surface area contributed by atoms with E-state index in [-0.39, 0.29) is 22.3 Å². The van der Waals surface area contributed by atoms with E-state index in [1.54, 1.807) is 12.1 Å². The Kier molecular flexibility index (Phi) is 6.65. The van der Waals surface area contributed by atoms with Crippen LogP contribution >= 0.6 is 0 Å². The fourth-order valence-corrected chi connectivity index (χ4v) is 4.82. The summed E-state index contributed by atoms with van der Waals surface area (Å²) in [7, 11) is -3.64. The summed E-state index contributed by atoms with van der Waals surface area (Å²) in [5.41, 5.74) is 2.61. The third-order valence-electron chi connectivity index (χ3n) is 5.33. The van der Waals surface area contributed by atoms with Crippen LogP contribution in [-0.2, 0) is 20.2 Å². The van der Waals surface area contributed by atoms with Gasteiger partial charge in [-0.1, -0.05) is 51.1 Å². The lowest BCUT2D eigenvalue weighted by Gasteiger charge is -2.26. The average molecular weight is 431 g/mol. The zero-order chi connectivity index (χ0) is 21.9. The number of carbonyl (C=O) groups excluding carboxylic acids is 1. The average Bonchev–Trinajstić information content (AvgIpc) is 2.74. The van der Waals surface area contributed by atoms with Crippen LogP contribution in [0.5, 0.6) is 0 Å². The van der Waals surface area contributed by atoms with E-state index >= 15 is 0 Å². The van der Waals surface area contributed by atoms with Crippen LogP contribution in [0.15, 0.2) is 53.4 Å². The normalized spacial score (nSPS) is 16.8. The van der Waals surface area contributed by atoms with Crippen molar-refractivity contribution < 1.29 is 17.9 Å². The Morgan fingerprint density at radius 3 is 2.30 bits per heavy atom. The van der Waals surface area contributed by atoms with Crippen molar-refractivity contribution in [1.82, 2.24) is 9.62 Å². The second-order valence-corrected chi connectivity index (χ2v) is 10.5. The fraction of sp³-hybridized carbons (Fsp3) is 0.435. The van der Waals surface area contributed by atoms with Crippen molar-refractivity contribution in [3.8, 4) is 0 Å². The van der Waals surface area contributed by atoms with Gasteiger partial charge in [0.2, 0.25) is 10.0 Å². The third-order valence-corrected chi connectivity index (χ3v) is 7.22. The number of nitrogens with one attached hydrogen (secondary N) is 1. The molecular weight excluding hydrogens is 400 g/mol. The van der Waals surface area contributed by atoms with Crippen LogP contribution in [0.25, 0.3) is 0 Å².